The van der Waals surface area contributed by atoms with Crippen molar-refractivity contribution in [2.24, 2.45) is 17.6 Å². The van der Waals surface area contributed by atoms with Gasteiger partial charge in [-0.1, -0.05) is 119 Å². The van der Waals surface area contributed by atoms with Crippen molar-refractivity contribution in [1.29, 1.82) is 0 Å². The summed E-state index contributed by atoms with van der Waals surface area (Å²) in [6.07, 6.45) is -1.77. The summed E-state index contributed by atoms with van der Waals surface area (Å²) in [6, 6.07) is 22.0. The molecule has 0 aliphatic carbocycles. The van der Waals surface area contributed by atoms with Gasteiger partial charge >= 0.3 is 6.09 Å². The number of amides is 6. The van der Waals surface area contributed by atoms with Gasteiger partial charge in [0, 0.05) is 19.3 Å². The lowest BCUT2D eigenvalue weighted by atomic mass is 9.95. The maximum atomic E-state index is 14.2. The Hall–Kier alpha value is -5.76. The molecule has 0 spiro atoms. The van der Waals surface area contributed by atoms with Crippen LogP contribution in [0.25, 0.3) is 0 Å². The Bertz CT molecular complexity index is 1840. The van der Waals surface area contributed by atoms with Gasteiger partial charge in [0.25, 0.3) is 0 Å². The number of benzene rings is 3. The Kier molecular flexibility index (Phi) is 19.2. The summed E-state index contributed by atoms with van der Waals surface area (Å²) in [5, 5.41) is 25.3. The number of aliphatic hydroxyl groups excluding tert-OH is 1. The number of rotatable bonds is 22. The molecule has 8 N–H and O–H groups in total. The van der Waals surface area contributed by atoms with Crippen LogP contribution in [-0.2, 0) is 48.0 Å². The molecule has 3 aromatic carbocycles. The predicted octanol–water partition coefficient (Wildman–Crippen LogP) is 3.88. The molecule has 0 radical (unpaired) electrons. The summed E-state index contributed by atoms with van der Waals surface area (Å²) in [5.74, 6) is -3.25. The van der Waals surface area contributed by atoms with E-state index in [1.165, 1.54) is 0 Å². The molecule has 3 aromatic rings. The van der Waals surface area contributed by atoms with Gasteiger partial charge in [0.1, 0.15) is 29.8 Å². The highest BCUT2D eigenvalue weighted by atomic mass is 16.6. The van der Waals surface area contributed by atoms with E-state index in [1.54, 1.807) is 20.8 Å². The molecular weight excluding hydrogens is 765 g/mol. The second-order valence-electron chi connectivity index (χ2n) is 17.1. The molecule has 0 aliphatic heterocycles. The molecule has 0 bridgehead atoms. The average Bonchev–Trinajstić information content (AvgIpc) is 3.16. The molecule has 3 rings (SSSR count). The van der Waals surface area contributed by atoms with Crippen molar-refractivity contribution in [2.75, 3.05) is 0 Å². The van der Waals surface area contributed by atoms with Crippen LogP contribution in [0.1, 0.15) is 84.4 Å². The number of primary amides is 1. The van der Waals surface area contributed by atoms with Gasteiger partial charge in [-0.15, -0.1) is 0 Å². The van der Waals surface area contributed by atoms with E-state index in [0.29, 0.717) is 0 Å². The van der Waals surface area contributed by atoms with Crippen LogP contribution in [0.4, 0.5) is 4.79 Å². The highest BCUT2D eigenvalue weighted by Crippen LogP contribution is 2.15. The van der Waals surface area contributed by atoms with Crippen LogP contribution in [0.15, 0.2) is 91.0 Å². The Morgan fingerprint density at radius 1 is 0.567 bits per heavy atom. The predicted molar refractivity (Wildman–Crippen MR) is 230 cm³/mol. The molecule has 6 amide bonds. The van der Waals surface area contributed by atoms with Crippen LogP contribution in [-0.4, -0.2) is 82.6 Å². The van der Waals surface area contributed by atoms with Gasteiger partial charge in [-0.2, -0.15) is 0 Å². The van der Waals surface area contributed by atoms with E-state index in [0.717, 1.165) is 16.7 Å². The minimum atomic E-state index is -1.39. The second kappa shape index (κ2) is 23.7. The van der Waals surface area contributed by atoms with Gasteiger partial charge in [0.2, 0.25) is 29.5 Å². The van der Waals surface area contributed by atoms with Gasteiger partial charge in [0.15, 0.2) is 0 Å². The summed E-state index contributed by atoms with van der Waals surface area (Å²) in [5.41, 5.74) is 7.12. The van der Waals surface area contributed by atoms with Crippen LogP contribution in [0.5, 0.6) is 0 Å². The lowest BCUT2D eigenvalue weighted by molar-refractivity contribution is -0.133. The Morgan fingerprint density at radius 3 is 1.40 bits per heavy atom. The number of nitrogens with two attached hydrogens (primary N) is 1. The zero-order valence-corrected chi connectivity index (χ0v) is 35.9. The van der Waals surface area contributed by atoms with Crippen LogP contribution in [0.2, 0.25) is 0 Å². The van der Waals surface area contributed by atoms with Gasteiger partial charge in [-0.05, 0) is 62.1 Å². The van der Waals surface area contributed by atoms with E-state index in [-0.39, 0.29) is 43.9 Å². The van der Waals surface area contributed by atoms with Gasteiger partial charge in [-0.3, -0.25) is 24.0 Å². The first-order valence-corrected chi connectivity index (χ1v) is 20.6. The molecule has 6 unspecified atom stereocenters. The second-order valence-corrected chi connectivity index (χ2v) is 17.1. The molecule has 326 valence electrons. The highest BCUT2D eigenvalue weighted by Gasteiger charge is 2.33. The van der Waals surface area contributed by atoms with E-state index >= 15 is 0 Å². The van der Waals surface area contributed by atoms with Crippen molar-refractivity contribution < 1.29 is 38.6 Å². The number of alkyl carbamates (subject to hydrolysis) is 1. The van der Waals surface area contributed by atoms with E-state index in [9.17, 15) is 33.9 Å². The zero-order chi connectivity index (χ0) is 44.4. The van der Waals surface area contributed by atoms with E-state index in [1.807, 2.05) is 119 Å². The lowest BCUT2D eigenvalue weighted by Crippen LogP contribution is -2.58. The first-order valence-electron chi connectivity index (χ1n) is 20.6. The third-order valence-electron chi connectivity index (χ3n) is 9.42. The van der Waals surface area contributed by atoms with Crippen molar-refractivity contribution in [3.63, 3.8) is 0 Å². The lowest BCUT2D eigenvalue weighted by Gasteiger charge is -2.29. The third kappa shape index (κ3) is 18.0. The van der Waals surface area contributed by atoms with E-state index in [4.69, 9.17) is 10.5 Å². The fourth-order valence-electron chi connectivity index (χ4n) is 6.58. The van der Waals surface area contributed by atoms with Crippen LogP contribution >= 0.6 is 0 Å². The van der Waals surface area contributed by atoms with E-state index in [2.05, 4.69) is 26.6 Å². The fourth-order valence-corrected chi connectivity index (χ4v) is 6.58. The van der Waals surface area contributed by atoms with Crippen LogP contribution in [0, 0.1) is 11.8 Å². The van der Waals surface area contributed by atoms with Crippen molar-refractivity contribution in [3.8, 4) is 0 Å². The maximum Gasteiger partial charge on any atom is 0.408 e. The SMILES string of the molecule is CC(C)CC(NC(=O)CC(O)C(CC(C)C)NC(=O)C(Cc1ccccc1)NC(=O)C(Cc1ccccc1)NC(=O)OC(C)(C)C)C(=O)NC(Cc1ccccc1)C(N)=O. The summed E-state index contributed by atoms with van der Waals surface area (Å²) in [4.78, 5) is 80.4. The number of carbonyl (C=O) groups excluding carboxylic acids is 6. The number of hydrogen-bond acceptors (Lipinski definition) is 8. The summed E-state index contributed by atoms with van der Waals surface area (Å²) < 4.78 is 5.44. The monoisotopic (exact) mass is 828 g/mol. The first kappa shape index (κ1) is 48.6. The van der Waals surface area contributed by atoms with Crippen molar-refractivity contribution in [1.82, 2.24) is 26.6 Å². The number of aliphatic hydroxyl groups is 1. The quantitative estimate of drug-likeness (QED) is 0.0787. The standard InChI is InChI=1S/C46H64N6O8/c1-29(2)23-34(39(53)28-40(54)48-36(24-30(3)4)42(56)50-35(41(47)55)25-31-17-11-8-12-18-31)49-43(57)37(26-32-19-13-9-14-20-32)51-44(58)38(27-33-21-15-10-16-22-33)52-45(59)60-46(5,6)7/h8-22,29-30,34-39,53H,23-28H2,1-7H3,(H2,47,55)(H,48,54)(H,49,57)(H,50,56)(H,51,58)(H,52,59). The van der Waals surface area contributed by atoms with Crippen molar-refractivity contribution in [2.45, 2.75) is 129 Å². The van der Waals surface area contributed by atoms with E-state index < -0.39 is 84.0 Å². The molecule has 0 heterocycles. The topological polar surface area (TPSA) is 218 Å². The minimum absolute atomic E-state index is 0.0245. The average molecular weight is 829 g/mol. The third-order valence-corrected chi connectivity index (χ3v) is 9.42. The minimum Gasteiger partial charge on any atom is -0.444 e. The highest BCUT2D eigenvalue weighted by molar-refractivity contribution is 5.93. The van der Waals surface area contributed by atoms with Crippen LogP contribution < -0.4 is 32.3 Å². The molecule has 0 aliphatic rings. The van der Waals surface area contributed by atoms with Gasteiger partial charge in [-0.25, -0.2) is 4.79 Å². The first-order chi connectivity index (χ1) is 28.3. The molecule has 0 saturated heterocycles. The Labute approximate surface area is 354 Å². The normalized spacial score (nSPS) is 14.4. The number of nitrogens with one attached hydrogen (secondary N) is 5. The summed E-state index contributed by atoms with van der Waals surface area (Å²) >= 11 is 0. The fraction of sp³-hybridized carbons (Fsp3) is 0.478. The molecule has 0 aromatic heterocycles. The molecule has 14 heteroatoms. The molecule has 0 fully saturated rings. The maximum absolute atomic E-state index is 14.2. The molecule has 14 nitrogen and oxygen atoms in total. The number of carbonyl (C=O) groups is 6. The molecule has 60 heavy (non-hydrogen) atoms. The largest absolute Gasteiger partial charge is 0.444 e. The smallest absolute Gasteiger partial charge is 0.408 e. The number of hydrogen-bond donors (Lipinski definition) is 7. The zero-order valence-electron chi connectivity index (χ0n) is 35.9. The number of ether oxygens (including phenoxy) is 1. The molecular formula is C46H64N6O8. The van der Waals surface area contributed by atoms with Gasteiger partial charge < -0.3 is 42.2 Å². The molecule has 6 atom stereocenters. The molecule has 0 saturated carbocycles. The Balaban J connectivity index is 1.80. The summed E-state index contributed by atoms with van der Waals surface area (Å²) in [6.45, 7) is 12.7. The summed E-state index contributed by atoms with van der Waals surface area (Å²) in [7, 11) is 0. The van der Waals surface area contributed by atoms with Gasteiger partial charge in [0.05, 0.1) is 18.6 Å². The van der Waals surface area contributed by atoms with Crippen molar-refractivity contribution in [3.05, 3.63) is 108 Å². The van der Waals surface area contributed by atoms with Crippen molar-refractivity contribution >= 4 is 35.6 Å². The van der Waals surface area contributed by atoms with Crippen LogP contribution in [0.3, 0.4) is 0 Å². The Morgan fingerprint density at radius 2 is 0.967 bits per heavy atom.